The molecule has 0 bridgehead atoms. The lowest BCUT2D eigenvalue weighted by molar-refractivity contribution is 0.795. The van der Waals surface area contributed by atoms with Crippen LogP contribution in [0.3, 0.4) is 0 Å². The molecule has 0 radical (unpaired) electrons. The number of hydrogen-bond donors (Lipinski definition) is 1. The fourth-order valence-corrected chi connectivity index (χ4v) is 2.88. The monoisotopic (exact) mass is 358 g/mol. The number of benzene rings is 2. The number of rotatable bonds is 7. The van der Waals surface area contributed by atoms with Gasteiger partial charge in [0.05, 0.1) is 11.4 Å². The van der Waals surface area contributed by atoms with E-state index >= 15 is 0 Å². The van der Waals surface area contributed by atoms with Gasteiger partial charge in [0.1, 0.15) is 11.6 Å². The molecule has 0 saturated heterocycles. The Kier molecular flexibility index (Phi) is 6.31. The highest BCUT2D eigenvalue weighted by molar-refractivity contribution is 5.99. The standard InChI is InChI=1S/C23H26N4/c1-4-5-9-19-12-14-20(15-13-19)17(2)26-27-23-16-22(24-18(3)25-23)21-10-7-6-8-11-21/h6-8,10-16H,4-5,9H2,1-3H3,(H,24,25,27)/b26-17-. The first-order valence-corrected chi connectivity index (χ1v) is 9.46. The minimum atomic E-state index is 0.695. The van der Waals surface area contributed by atoms with Gasteiger partial charge in [0.15, 0.2) is 0 Å². The normalized spacial score (nSPS) is 11.4. The van der Waals surface area contributed by atoms with E-state index in [0.717, 1.165) is 29.0 Å². The molecule has 0 saturated carbocycles. The largest absolute Gasteiger partial charge is 0.261 e. The van der Waals surface area contributed by atoms with E-state index in [0.29, 0.717) is 11.6 Å². The Hall–Kier alpha value is -3.01. The number of aryl methyl sites for hydroxylation is 2. The summed E-state index contributed by atoms with van der Waals surface area (Å²) in [7, 11) is 0. The molecule has 3 rings (SSSR count). The van der Waals surface area contributed by atoms with E-state index in [4.69, 9.17) is 0 Å². The van der Waals surface area contributed by atoms with Crippen LogP contribution in [0.25, 0.3) is 11.3 Å². The minimum absolute atomic E-state index is 0.695. The maximum absolute atomic E-state index is 4.52. The Morgan fingerprint density at radius 2 is 1.74 bits per heavy atom. The Labute approximate surface area is 161 Å². The van der Waals surface area contributed by atoms with Crippen molar-refractivity contribution in [3.05, 3.63) is 77.6 Å². The van der Waals surface area contributed by atoms with E-state index < -0.39 is 0 Å². The SMILES string of the molecule is CCCCc1ccc(/C(C)=N\Nc2cc(-c3ccccc3)nc(C)n2)cc1. The highest BCUT2D eigenvalue weighted by atomic mass is 15.3. The van der Waals surface area contributed by atoms with Gasteiger partial charge in [-0.3, -0.25) is 5.43 Å². The molecule has 1 aromatic heterocycles. The highest BCUT2D eigenvalue weighted by Crippen LogP contribution is 2.19. The average Bonchev–Trinajstić information content (AvgIpc) is 2.71. The molecule has 0 aliphatic heterocycles. The van der Waals surface area contributed by atoms with Crippen LogP contribution in [0.1, 0.15) is 43.6 Å². The van der Waals surface area contributed by atoms with Crippen LogP contribution in [0.15, 0.2) is 65.8 Å². The molecule has 27 heavy (non-hydrogen) atoms. The lowest BCUT2D eigenvalue weighted by Gasteiger charge is -2.07. The van der Waals surface area contributed by atoms with Crippen molar-refractivity contribution < 1.29 is 0 Å². The first-order chi connectivity index (χ1) is 13.2. The van der Waals surface area contributed by atoms with Crippen LogP contribution in [0.5, 0.6) is 0 Å². The van der Waals surface area contributed by atoms with Gasteiger partial charge in [-0.25, -0.2) is 9.97 Å². The zero-order valence-corrected chi connectivity index (χ0v) is 16.2. The first-order valence-electron chi connectivity index (χ1n) is 9.46. The van der Waals surface area contributed by atoms with Gasteiger partial charge in [-0.15, -0.1) is 0 Å². The lowest BCUT2D eigenvalue weighted by atomic mass is 10.0. The summed E-state index contributed by atoms with van der Waals surface area (Å²) in [6, 6.07) is 20.7. The second-order valence-corrected chi connectivity index (χ2v) is 6.66. The maximum atomic E-state index is 4.52. The van der Waals surface area contributed by atoms with E-state index in [1.165, 1.54) is 18.4 Å². The second kappa shape index (κ2) is 9.08. The maximum Gasteiger partial charge on any atom is 0.150 e. The molecule has 0 amide bonds. The summed E-state index contributed by atoms with van der Waals surface area (Å²) in [5.41, 5.74) is 8.44. The van der Waals surface area contributed by atoms with Crippen LogP contribution in [-0.4, -0.2) is 15.7 Å². The van der Waals surface area contributed by atoms with Crippen molar-refractivity contribution in [2.45, 2.75) is 40.0 Å². The average molecular weight is 358 g/mol. The molecule has 0 aliphatic carbocycles. The molecular weight excluding hydrogens is 332 g/mol. The highest BCUT2D eigenvalue weighted by Gasteiger charge is 2.04. The Bertz CT molecular complexity index is 899. The Morgan fingerprint density at radius 1 is 1.00 bits per heavy atom. The summed E-state index contributed by atoms with van der Waals surface area (Å²) in [6.45, 7) is 6.11. The predicted molar refractivity (Wildman–Crippen MR) is 113 cm³/mol. The van der Waals surface area contributed by atoms with Gasteiger partial charge in [-0.2, -0.15) is 5.10 Å². The van der Waals surface area contributed by atoms with E-state index in [2.05, 4.69) is 51.7 Å². The Morgan fingerprint density at radius 3 is 2.44 bits per heavy atom. The molecule has 0 unspecified atom stereocenters. The number of anilines is 1. The lowest BCUT2D eigenvalue weighted by Crippen LogP contribution is -2.03. The van der Waals surface area contributed by atoms with E-state index in [1.54, 1.807) is 0 Å². The molecule has 1 heterocycles. The van der Waals surface area contributed by atoms with Gasteiger partial charge >= 0.3 is 0 Å². The van der Waals surface area contributed by atoms with Crippen molar-refractivity contribution in [2.75, 3.05) is 5.43 Å². The number of hydrazone groups is 1. The van der Waals surface area contributed by atoms with Crippen molar-refractivity contribution in [1.29, 1.82) is 0 Å². The van der Waals surface area contributed by atoms with Crippen molar-refractivity contribution in [2.24, 2.45) is 5.10 Å². The number of nitrogens with one attached hydrogen (secondary N) is 1. The summed E-state index contributed by atoms with van der Waals surface area (Å²) < 4.78 is 0. The number of nitrogens with zero attached hydrogens (tertiary/aromatic N) is 3. The van der Waals surface area contributed by atoms with Crippen molar-refractivity contribution in [3.8, 4) is 11.3 Å². The fraction of sp³-hybridized carbons (Fsp3) is 0.261. The third-order valence-corrected chi connectivity index (χ3v) is 4.44. The summed E-state index contributed by atoms with van der Waals surface area (Å²) in [4.78, 5) is 8.97. The zero-order valence-electron chi connectivity index (χ0n) is 16.2. The summed E-state index contributed by atoms with van der Waals surface area (Å²) >= 11 is 0. The van der Waals surface area contributed by atoms with Gasteiger partial charge in [0, 0.05) is 11.6 Å². The van der Waals surface area contributed by atoms with Crippen LogP contribution >= 0.6 is 0 Å². The topological polar surface area (TPSA) is 50.2 Å². The number of aromatic nitrogens is 2. The third kappa shape index (κ3) is 5.23. The molecule has 0 fully saturated rings. The second-order valence-electron chi connectivity index (χ2n) is 6.66. The molecule has 4 heteroatoms. The van der Waals surface area contributed by atoms with Crippen molar-refractivity contribution in [3.63, 3.8) is 0 Å². The molecule has 3 aromatic rings. The van der Waals surface area contributed by atoms with Gasteiger partial charge in [0.25, 0.3) is 0 Å². The number of hydrogen-bond acceptors (Lipinski definition) is 4. The third-order valence-electron chi connectivity index (χ3n) is 4.44. The van der Waals surface area contributed by atoms with Crippen molar-refractivity contribution >= 4 is 11.5 Å². The zero-order chi connectivity index (χ0) is 19.1. The van der Waals surface area contributed by atoms with Gasteiger partial charge in [-0.05, 0) is 37.8 Å². The summed E-state index contributed by atoms with van der Waals surface area (Å²) in [5, 5.41) is 4.51. The molecular formula is C23H26N4. The molecule has 0 aliphatic rings. The van der Waals surface area contributed by atoms with Crippen LogP contribution < -0.4 is 5.43 Å². The van der Waals surface area contributed by atoms with Gasteiger partial charge in [0.2, 0.25) is 0 Å². The van der Waals surface area contributed by atoms with E-state index in [9.17, 15) is 0 Å². The molecule has 0 spiro atoms. The summed E-state index contributed by atoms with van der Waals surface area (Å²) in [5.74, 6) is 1.41. The number of unbranched alkanes of at least 4 members (excludes halogenated alkanes) is 1. The minimum Gasteiger partial charge on any atom is -0.261 e. The van der Waals surface area contributed by atoms with E-state index in [1.807, 2.05) is 50.2 Å². The molecule has 2 aromatic carbocycles. The molecule has 4 nitrogen and oxygen atoms in total. The smallest absolute Gasteiger partial charge is 0.150 e. The van der Waals surface area contributed by atoms with Gasteiger partial charge < -0.3 is 0 Å². The summed E-state index contributed by atoms with van der Waals surface area (Å²) in [6.07, 6.45) is 3.58. The predicted octanol–water partition coefficient (Wildman–Crippen LogP) is 5.63. The Balaban J connectivity index is 1.74. The van der Waals surface area contributed by atoms with Crippen LogP contribution in [0.2, 0.25) is 0 Å². The van der Waals surface area contributed by atoms with Crippen molar-refractivity contribution in [1.82, 2.24) is 9.97 Å². The quantitative estimate of drug-likeness (QED) is 0.440. The van der Waals surface area contributed by atoms with Gasteiger partial charge in [-0.1, -0.05) is 67.9 Å². The van der Waals surface area contributed by atoms with Crippen LogP contribution in [0, 0.1) is 6.92 Å². The molecule has 138 valence electrons. The molecule has 1 N–H and O–H groups in total. The van der Waals surface area contributed by atoms with Crippen LogP contribution in [-0.2, 0) is 6.42 Å². The molecule has 0 atom stereocenters. The van der Waals surface area contributed by atoms with E-state index in [-0.39, 0.29) is 0 Å². The van der Waals surface area contributed by atoms with Crippen LogP contribution in [0.4, 0.5) is 5.82 Å². The fourth-order valence-electron chi connectivity index (χ4n) is 2.88. The first kappa shape index (κ1) is 18.8.